The van der Waals surface area contributed by atoms with Gasteiger partial charge in [-0.15, -0.1) is 0 Å². The fourth-order valence-electron chi connectivity index (χ4n) is 2.22. The molecule has 5 nitrogen and oxygen atoms in total. The predicted molar refractivity (Wildman–Crippen MR) is 76.2 cm³/mol. The lowest BCUT2D eigenvalue weighted by molar-refractivity contribution is -0.131. The van der Waals surface area contributed by atoms with Crippen LogP contribution in [0.5, 0.6) is 11.5 Å². The molecule has 1 N–H and O–H groups in total. The van der Waals surface area contributed by atoms with Crippen LogP contribution in [-0.2, 0) is 4.79 Å². The van der Waals surface area contributed by atoms with E-state index in [1.165, 1.54) is 6.08 Å². The van der Waals surface area contributed by atoms with Crippen LogP contribution in [0.15, 0.2) is 24.3 Å². The van der Waals surface area contributed by atoms with E-state index in [4.69, 9.17) is 14.6 Å². The highest BCUT2D eigenvalue weighted by molar-refractivity contribution is 5.85. The Morgan fingerprint density at radius 1 is 1.45 bits per heavy atom. The topological polar surface area (TPSA) is 59.0 Å². The van der Waals surface area contributed by atoms with Gasteiger partial charge in [0.25, 0.3) is 0 Å². The number of carbonyl (C=O) groups is 1. The average Bonchev–Trinajstić information content (AvgIpc) is 2.83. The van der Waals surface area contributed by atoms with Crippen LogP contribution in [0.3, 0.4) is 0 Å². The van der Waals surface area contributed by atoms with E-state index < -0.39 is 5.97 Å². The fraction of sp³-hybridized carbons (Fsp3) is 0.400. The first-order valence-corrected chi connectivity index (χ1v) is 6.52. The van der Waals surface area contributed by atoms with Gasteiger partial charge in [-0.1, -0.05) is 6.07 Å². The summed E-state index contributed by atoms with van der Waals surface area (Å²) < 4.78 is 11.3. The van der Waals surface area contributed by atoms with Crippen LogP contribution < -0.4 is 9.47 Å². The van der Waals surface area contributed by atoms with Gasteiger partial charge >= 0.3 is 5.97 Å². The van der Waals surface area contributed by atoms with Crippen molar-refractivity contribution in [3.63, 3.8) is 0 Å². The zero-order valence-electron chi connectivity index (χ0n) is 11.7. The van der Waals surface area contributed by atoms with Crippen molar-refractivity contribution in [3.8, 4) is 11.5 Å². The van der Waals surface area contributed by atoms with Crippen LogP contribution in [0.25, 0.3) is 6.08 Å². The number of ether oxygens (including phenoxy) is 2. The van der Waals surface area contributed by atoms with Gasteiger partial charge in [0.1, 0.15) is 6.10 Å². The lowest BCUT2D eigenvalue weighted by Crippen LogP contribution is -2.21. The van der Waals surface area contributed by atoms with Gasteiger partial charge in [-0.25, -0.2) is 4.79 Å². The zero-order chi connectivity index (χ0) is 14.5. The molecule has 1 aliphatic heterocycles. The average molecular weight is 277 g/mol. The third-order valence-electron chi connectivity index (χ3n) is 3.25. The summed E-state index contributed by atoms with van der Waals surface area (Å²) in [6.07, 6.45) is 3.80. The number of hydrogen-bond donors (Lipinski definition) is 1. The second-order valence-corrected chi connectivity index (χ2v) is 4.87. The summed E-state index contributed by atoms with van der Waals surface area (Å²) in [6, 6.07) is 5.40. The zero-order valence-corrected chi connectivity index (χ0v) is 11.7. The summed E-state index contributed by atoms with van der Waals surface area (Å²) in [5, 5.41) is 8.62. The van der Waals surface area contributed by atoms with Crippen LogP contribution in [0.1, 0.15) is 12.0 Å². The molecular weight excluding hydrogens is 258 g/mol. The third kappa shape index (κ3) is 3.74. The Hall–Kier alpha value is -2.01. The molecule has 0 bridgehead atoms. The van der Waals surface area contributed by atoms with Gasteiger partial charge in [0, 0.05) is 19.2 Å². The molecule has 5 heteroatoms. The van der Waals surface area contributed by atoms with Gasteiger partial charge < -0.3 is 19.5 Å². The number of aliphatic carboxylic acids is 1. The van der Waals surface area contributed by atoms with E-state index in [1.54, 1.807) is 13.2 Å². The normalized spacial score (nSPS) is 19.4. The molecule has 1 aromatic rings. The van der Waals surface area contributed by atoms with Gasteiger partial charge in [-0.2, -0.15) is 0 Å². The number of methoxy groups -OCH3 is 1. The molecule has 0 spiro atoms. The lowest BCUT2D eigenvalue weighted by atomic mass is 10.2. The van der Waals surface area contributed by atoms with Crippen LogP contribution in [-0.4, -0.2) is 49.3 Å². The molecule has 0 aliphatic carbocycles. The van der Waals surface area contributed by atoms with Crippen molar-refractivity contribution >= 4 is 12.0 Å². The molecule has 1 saturated heterocycles. The van der Waals surface area contributed by atoms with Crippen molar-refractivity contribution in [1.29, 1.82) is 0 Å². The molecule has 20 heavy (non-hydrogen) atoms. The van der Waals surface area contributed by atoms with Crippen LogP contribution >= 0.6 is 0 Å². The van der Waals surface area contributed by atoms with Crippen molar-refractivity contribution < 1.29 is 19.4 Å². The lowest BCUT2D eigenvalue weighted by Gasteiger charge is -2.16. The first-order chi connectivity index (χ1) is 9.58. The number of likely N-dealkylation sites (N-methyl/N-ethyl adjacent to an activating group) is 1. The molecule has 2 rings (SSSR count). The Kier molecular flexibility index (Phi) is 4.63. The third-order valence-corrected chi connectivity index (χ3v) is 3.25. The number of carboxylic acid groups (broad SMARTS) is 1. The summed E-state index contributed by atoms with van der Waals surface area (Å²) in [6.45, 7) is 1.94. The molecule has 108 valence electrons. The molecule has 1 aliphatic rings. The minimum absolute atomic E-state index is 0.175. The fourth-order valence-corrected chi connectivity index (χ4v) is 2.22. The molecule has 1 atom stereocenters. The Morgan fingerprint density at radius 2 is 2.25 bits per heavy atom. The van der Waals surface area contributed by atoms with Gasteiger partial charge in [0.15, 0.2) is 11.5 Å². The largest absolute Gasteiger partial charge is 0.493 e. The number of nitrogens with zero attached hydrogens (tertiary/aromatic N) is 1. The Bertz CT molecular complexity index is 513. The number of carboxylic acids is 1. The predicted octanol–water partition coefficient (Wildman–Crippen LogP) is 1.88. The molecule has 1 unspecified atom stereocenters. The number of hydrogen-bond acceptors (Lipinski definition) is 4. The highest BCUT2D eigenvalue weighted by atomic mass is 16.5. The highest BCUT2D eigenvalue weighted by Gasteiger charge is 2.22. The summed E-state index contributed by atoms with van der Waals surface area (Å²) in [4.78, 5) is 12.7. The van der Waals surface area contributed by atoms with Crippen LogP contribution in [0.2, 0.25) is 0 Å². The molecule has 1 heterocycles. The van der Waals surface area contributed by atoms with Crippen LogP contribution in [0, 0.1) is 0 Å². The maximum atomic E-state index is 10.5. The van der Waals surface area contributed by atoms with E-state index >= 15 is 0 Å². The Morgan fingerprint density at radius 3 is 2.85 bits per heavy atom. The van der Waals surface area contributed by atoms with Gasteiger partial charge in [0.2, 0.25) is 0 Å². The first-order valence-electron chi connectivity index (χ1n) is 6.52. The van der Waals surface area contributed by atoms with E-state index in [1.807, 2.05) is 12.1 Å². The van der Waals surface area contributed by atoms with Crippen LogP contribution in [0.4, 0.5) is 0 Å². The van der Waals surface area contributed by atoms with Crippen molar-refractivity contribution in [2.45, 2.75) is 12.5 Å². The van der Waals surface area contributed by atoms with Crippen molar-refractivity contribution in [1.82, 2.24) is 4.90 Å². The van der Waals surface area contributed by atoms with Gasteiger partial charge in [0.05, 0.1) is 7.11 Å². The standard InChI is InChI=1S/C15H19NO4/c1-16-8-7-12(10-16)20-13-5-3-11(4-6-15(17)18)9-14(13)19-2/h3-6,9,12H,7-8,10H2,1-2H3,(H,17,18)/b6-4+. The van der Waals surface area contributed by atoms with Gasteiger partial charge in [-0.05, 0) is 37.2 Å². The second-order valence-electron chi connectivity index (χ2n) is 4.87. The summed E-state index contributed by atoms with van der Waals surface area (Å²) in [5.74, 6) is 0.339. The van der Waals surface area contributed by atoms with Gasteiger partial charge in [-0.3, -0.25) is 0 Å². The first kappa shape index (κ1) is 14.4. The maximum Gasteiger partial charge on any atom is 0.328 e. The van der Waals surface area contributed by atoms with E-state index in [0.717, 1.165) is 31.1 Å². The molecule has 0 radical (unpaired) electrons. The van der Waals surface area contributed by atoms with E-state index in [2.05, 4.69) is 11.9 Å². The smallest absolute Gasteiger partial charge is 0.328 e. The number of likely N-dealkylation sites (tertiary alicyclic amines) is 1. The van der Waals surface area contributed by atoms with Crippen molar-refractivity contribution in [3.05, 3.63) is 29.8 Å². The number of benzene rings is 1. The Balaban J connectivity index is 2.11. The monoisotopic (exact) mass is 277 g/mol. The summed E-state index contributed by atoms with van der Waals surface area (Å²) in [5.41, 5.74) is 0.764. The van der Waals surface area contributed by atoms with E-state index in [0.29, 0.717) is 11.5 Å². The minimum atomic E-state index is -0.974. The quantitative estimate of drug-likeness (QED) is 0.833. The maximum absolute atomic E-state index is 10.5. The molecule has 0 saturated carbocycles. The SMILES string of the molecule is COc1cc(/C=C/C(=O)O)ccc1OC1CCN(C)C1. The molecular formula is C15H19NO4. The minimum Gasteiger partial charge on any atom is -0.493 e. The van der Waals surface area contributed by atoms with E-state index in [-0.39, 0.29) is 6.10 Å². The molecule has 0 aromatic heterocycles. The van der Waals surface area contributed by atoms with Crippen molar-refractivity contribution in [2.24, 2.45) is 0 Å². The summed E-state index contributed by atoms with van der Waals surface area (Å²) in [7, 11) is 3.65. The van der Waals surface area contributed by atoms with E-state index in [9.17, 15) is 4.79 Å². The Labute approximate surface area is 118 Å². The molecule has 0 amide bonds. The second kappa shape index (κ2) is 6.43. The highest BCUT2D eigenvalue weighted by Crippen LogP contribution is 2.30. The summed E-state index contributed by atoms with van der Waals surface area (Å²) >= 11 is 0. The molecule has 1 aromatic carbocycles. The number of rotatable bonds is 5. The van der Waals surface area contributed by atoms with Crippen molar-refractivity contribution in [2.75, 3.05) is 27.2 Å². The molecule has 1 fully saturated rings.